The number of halogens is 1. The number of aliphatic hydroxyl groups excluding tert-OH is 1. The maximum Gasteiger partial charge on any atom is 0.288 e. The maximum atomic E-state index is 13.3. The zero-order valence-corrected chi connectivity index (χ0v) is 25.0. The van der Waals surface area contributed by atoms with Gasteiger partial charge in [0.1, 0.15) is 5.75 Å². The molecule has 2 atom stereocenters. The Bertz CT molecular complexity index is 1230. The summed E-state index contributed by atoms with van der Waals surface area (Å²) >= 11 is 2.26. The molecule has 0 radical (unpaired) electrons. The van der Waals surface area contributed by atoms with Crippen molar-refractivity contribution in [1.82, 2.24) is 9.21 Å². The third-order valence-electron chi connectivity index (χ3n) is 6.90. The second-order valence-electron chi connectivity index (χ2n) is 9.50. The van der Waals surface area contributed by atoms with Gasteiger partial charge in [0.2, 0.25) is 16.3 Å². The lowest BCUT2D eigenvalue weighted by atomic mass is 9.93. The first-order valence-corrected chi connectivity index (χ1v) is 15.6. The van der Waals surface area contributed by atoms with Crippen molar-refractivity contribution >= 4 is 38.5 Å². The fourth-order valence-electron chi connectivity index (χ4n) is 4.75. The van der Waals surface area contributed by atoms with E-state index in [-0.39, 0.29) is 48.8 Å². The number of amides is 1. The predicted molar refractivity (Wildman–Crippen MR) is 155 cm³/mol. The monoisotopic (exact) mass is 670 g/mol. The van der Waals surface area contributed by atoms with Gasteiger partial charge in [0.15, 0.2) is 5.76 Å². The first-order chi connectivity index (χ1) is 18.8. The number of aliphatic hydroxyl groups is 1. The van der Waals surface area contributed by atoms with Crippen molar-refractivity contribution in [1.29, 1.82) is 0 Å². The molecule has 0 saturated carbocycles. The number of sulfonamides is 1. The Morgan fingerprint density at radius 3 is 2.41 bits per heavy atom. The summed E-state index contributed by atoms with van der Waals surface area (Å²) in [6.07, 6.45) is 4.71. The molecule has 2 aromatic carbocycles. The van der Waals surface area contributed by atoms with Gasteiger partial charge in [0.05, 0.1) is 25.2 Å². The van der Waals surface area contributed by atoms with E-state index in [1.165, 1.54) is 23.5 Å². The molecule has 11 heteroatoms. The van der Waals surface area contributed by atoms with Gasteiger partial charge in [-0.05, 0) is 89.9 Å². The Morgan fingerprint density at radius 1 is 1.08 bits per heavy atom. The Balaban J connectivity index is 1.46. The number of methoxy groups -OCH3 is 1. The number of likely N-dealkylation sites (tertiary alicyclic amines) is 1. The molecule has 2 heterocycles. The van der Waals surface area contributed by atoms with Gasteiger partial charge in [-0.1, -0.05) is 12.1 Å². The number of hydrogen-bond donors (Lipinski definition) is 1. The van der Waals surface area contributed by atoms with E-state index in [1.807, 2.05) is 35.2 Å². The number of carbonyl (C=O) groups excluding carboxylic acids is 1. The van der Waals surface area contributed by atoms with E-state index in [1.54, 1.807) is 12.1 Å². The maximum absolute atomic E-state index is 13.3. The summed E-state index contributed by atoms with van der Waals surface area (Å²) in [6, 6.07) is 14.2. The molecule has 39 heavy (non-hydrogen) atoms. The third kappa shape index (κ3) is 7.72. The molecule has 0 aliphatic carbocycles. The van der Waals surface area contributed by atoms with Crippen LogP contribution in [0.2, 0.25) is 0 Å². The van der Waals surface area contributed by atoms with Crippen LogP contribution in [0.4, 0.5) is 0 Å². The number of rotatable bonds is 11. The van der Waals surface area contributed by atoms with Crippen LogP contribution in [0.25, 0.3) is 0 Å². The highest BCUT2D eigenvalue weighted by Gasteiger charge is 2.32. The minimum absolute atomic E-state index is 0.0160. The number of benzene rings is 2. The molecular formula is C28H35IN2O7S. The van der Waals surface area contributed by atoms with Gasteiger partial charge in [0, 0.05) is 42.1 Å². The zero-order valence-electron chi connectivity index (χ0n) is 22.0. The van der Waals surface area contributed by atoms with Crippen molar-refractivity contribution < 1.29 is 32.5 Å². The molecule has 0 aromatic heterocycles. The highest BCUT2D eigenvalue weighted by Crippen LogP contribution is 2.33. The third-order valence-corrected chi connectivity index (χ3v) is 9.53. The van der Waals surface area contributed by atoms with Gasteiger partial charge in [-0.25, -0.2) is 8.42 Å². The van der Waals surface area contributed by atoms with E-state index < -0.39 is 16.3 Å². The number of allylic oxidation sites excluding steroid dienone is 1. The molecule has 1 amide bonds. The molecule has 1 N–H and O–H groups in total. The molecule has 0 spiro atoms. The normalized spacial score (nSPS) is 19.9. The van der Waals surface area contributed by atoms with Crippen LogP contribution in [0.3, 0.4) is 0 Å². The highest BCUT2D eigenvalue weighted by molar-refractivity contribution is 14.1. The van der Waals surface area contributed by atoms with E-state index in [4.69, 9.17) is 14.2 Å². The quantitative estimate of drug-likeness (QED) is 0.364. The van der Waals surface area contributed by atoms with Crippen molar-refractivity contribution in [2.24, 2.45) is 0 Å². The SMILES string of the molecule is COc1ccc(S(=O)(=O)N(CCO)CCO[C@H]2C[C@@H](c3ccc(I)cc3)C=C(C(=O)N3CCCCC3)O2)cc1. The van der Waals surface area contributed by atoms with Gasteiger partial charge in [-0.3, -0.25) is 4.79 Å². The molecule has 2 aliphatic heterocycles. The van der Waals surface area contributed by atoms with Gasteiger partial charge in [0.25, 0.3) is 5.91 Å². The van der Waals surface area contributed by atoms with Crippen LogP contribution >= 0.6 is 22.6 Å². The molecule has 4 rings (SSSR count). The topological polar surface area (TPSA) is 106 Å². The lowest BCUT2D eigenvalue weighted by Gasteiger charge is -2.33. The average molecular weight is 671 g/mol. The van der Waals surface area contributed by atoms with Crippen LogP contribution in [0.15, 0.2) is 65.3 Å². The van der Waals surface area contributed by atoms with Gasteiger partial charge in [-0.15, -0.1) is 0 Å². The van der Waals surface area contributed by atoms with Gasteiger partial charge >= 0.3 is 0 Å². The molecular weight excluding hydrogens is 635 g/mol. The second kappa shape index (κ2) is 13.9. The molecule has 9 nitrogen and oxygen atoms in total. The van der Waals surface area contributed by atoms with E-state index in [0.29, 0.717) is 25.3 Å². The average Bonchev–Trinajstić information content (AvgIpc) is 2.97. The van der Waals surface area contributed by atoms with Crippen molar-refractivity contribution in [3.63, 3.8) is 0 Å². The Hall–Kier alpha value is -2.19. The minimum Gasteiger partial charge on any atom is -0.497 e. The van der Waals surface area contributed by atoms with E-state index in [9.17, 15) is 18.3 Å². The molecule has 1 saturated heterocycles. The summed E-state index contributed by atoms with van der Waals surface area (Å²) in [4.78, 5) is 15.2. The van der Waals surface area contributed by atoms with Crippen molar-refractivity contribution in [3.8, 4) is 5.75 Å². The molecule has 1 fully saturated rings. The zero-order chi connectivity index (χ0) is 27.8. The van der Waals surface area contributed by atoms with Crippen LogP contribution in [0.5, 0.6) is 5.75 Å². The standard InChI is InChI=1S/C28H35IN2O7S/c1-36-24-9-11-25(12-10-24)39(34,35)31(15-17-32)16-18-37-27-20-22(21-5-7-23(29)8-6-21)19-26(38-27)28(33)30-13-3-2-4-14-30/h5-12,19,22,27,32H,2-4,13-18,20H2,1H3/t22-,27+/m0/s1. The van der Waals surface area contributed by atoms with Crippen LogP contribution in [0, 0.1) is 3.57 Å². The molecule has 0 unspecified atom stereocenters. The lowest BCUT2D eigenvalue weighted by Crippen LogP contribution is -2.40. The van der Waals surface area contributed by atoms with Crippen molar-refractivity contribution in [2.45, 2.75) is 42.8 Å². The molecule has 2 aliphatic rings. The van der Waals surface area contributed by atoms with Gasteiger partial charge in [-0.2, -0.15) is 4.31 Å². The van der Waals surface area contributed by atoms with Crippen LogP contribution in [0.1, 0.15) is 37.2 Å². The predicted octanol–water partition coefficient (Wildman–Crippen LogP) is 3.73. The second-order valence-corrected chi connectivity index (χ2v) is 12.7. The molecule has 2 aromatic rings. The highest BCUT2D eigenvalue weighted by atomic mass is 127. The molecule has 0 bridgehead atoms. The lowest BCUT2D eigenvalue weighted by molar-refractivity contribution is -0.153. The first kappa shape index (κ1) is 29.8. The number of carbonyl (C=O) groups is 1. The fraction of sp³-hybridized carbons (Fsp3) is 0.464. The number of ether oxygens (including phenoxy) is 3. The van der Waals surface area contributed by atoms with Crippen molar-refractivity contribution in [2.75, 3.05) is 46.5 Å². The van der Waals surface area contributed by atoms with Crippen LogP contribution < -0.4 is 4.74 Å². The molecule has 212 valence electrons. The van der Waals surface area contributed by atoms with Crippen molar-refractivity contribution in [3.05, 3.63) is 69.5 Å². The summed E-state index contributed by atoms with van der Waals surface area (Å²) in [5.74, 6) is 0.601. The Morgan fingerprint density at radius 2 is 1.77 bits per heavy atom. The van der Waals surface area contributed by atoms with Gasteiger partial charge < -0.3 is 24.2 Å². The van der Waals surface area contributed by atoms with Crippen LogP contribution in [-0.4, -0.2) is 81.4 Å². The number of nitrogens with zero attached hydrogens (tertiary/aromatic N) is 2. The summed E-state index contributed by atoms with van der Waals surface area (Å²) in [5.41, 5.74) is 1.06. The largest absolute Gasteiger partial charge is 0.497 e. The Labute approximate surface area is 243 Å². The van der Waals surface area contributed by atoms with E-state index in [0.717, 1.165) is 28.4 Å². The van der Waals surface area contributed by atoms with E-state index >= 15 is 0 Å². The van der Waals surface area contributed by atoms with E-state index in [2.05, 4.69) is 22.6 Å². The fourth-order valence-corrected chi connectivity index (χ4v) is 6.53. The smallest absolute Gasteiger partial charge is 0.288 e. The van der Waals surface area contributed by atoms with Crippen LogP contribution in [-0.2, 0) is 24.3 Å². The first-order valence-electron chi connectivity index (χ1n) is 13.1. The summed E-state index contributed by atoms with van der Waals surface area (Å²) in [5, 5.41) is 9.54. The summed E-state index contributed by atoms with van der Waals surface area (Å²) < 4.78 is 45.9. The Kier molecular flexibility index (Phi) is 10.6. The number of piperidine rings is 1. The summed E-state index contributed by atoms with van der Waals surface area (Å²) in [7, 11) is -2.35. The number of hydrogen-bond acceptors (Lipinski definition) is 7. The summed E-state index contributed by atoms with van der Waals surface area (Å²) in [6.45, 7) is 1.05. The minimum atomic E-state index is -3.86.